The zero-order valence-corrected chi connectivity index (χ0v) is 22.5. The first kappa shape index (κ1) is 30.2. The maximum absolute atomic E-state index is 16.2. The van der Waals surface area contributed by atoms with Gasteiger partial charge in [0.05, 0.1) is 0 Å². The number of hydrogen-bond donors (Lipinski definition) is 0. The van der Waals surface area contributed by atoms with Crippen LogP contribution in [0.5, 0.6) is 0 Å². The van der Waals surface area contributed by atoms with Crippen molar-refractivity contribution in [3.05, 3.63) is 61.8 Å². The van der Waals surface area contributed by atoms with Crippen LogP contribution in [0.1, 0.15) is 41.5 Å². The summed E-state index contributed by atoms with van der Waals surface area (Å²) < 4.78 is 21.4. The van der Waals surface area contributed by atoms with Crippen LogP contribution in [0.3, 0.4) is 0 Å². The van der Waals surface area contributed by atoms with Gasteiger partial charge in [0, 0.05) is 0 Å². The molecule has 0 fully saturated rings. The van der Waals surface area contributed by atoms with Crippen LogP contribution < -0.4 is 0 Å². The Labute approximate surface area is 185 Å². The van der Waals surface area contributed by atoms with Crippen molar-refractivity contribution >= 4 is 10.5 Å². The van der Waals surface area contributed by atoms with E-state index in [1.165, 1.54) is 53.7 Å². The molecule has 0 aliphatic heterocycles. The third-order valence-corrected chi connectivity index (χ3v) is 26.2. The van der Waals surface area contributed by atoms with Gasteiger partial charge >= 0.3 is 186 Å². The first-order valence-electron chi connectivity index (χ1n) is 10.0. The minimum atomic E-state index is -9.69. The molecule has 0 rings (SSSR count). The van der Waals surface area contributed by atoms with E-state index in [9.17, 15) is 14.4 Å². The molecule has 0 amide bonds. The fourth-order valence-electron chi connectivity index (χ4n) is 4.69. The number of rotatable bonds is 15. The summed E-state index contributed by atoms with van der Waals surface area (Å²) in [6.45, 7) is 24.8. The summed E-state index contributed by atoms with van der Waals surface area (Å²) in [5.41, 5.74) is -2.58. The van der Waals surface area contributed by atoms with Gasteiger partial charge in [-0.25, -0.2) is 0 Å². The summed E-state index contributed by atoms with van der Waals surface area (Å²) in [6, 6.07) is 0. The van der Waals surface area contributed by atoms with Gasteiger partial charge in [0.2, 0.25) is 0 Å². The summed E-state index contributed by atoms with van der Waals surface area (Å²) in [4.78, 5) is 52.7. The molecule has 0 saturated carbocycles. The zero-order chi connectivity index (χ0) is 25.7. The van der Waals surface area contributed by atoms with Gasteiger partial charge in [-0.2, -0.15) is 0 Å². The molecular weight excluding hydrogens is 495 g/mol. The van der Waals surface area contributed by atoms with Crippen LogP contribution in [0, 0.1) is 5.41 Å². The average Bonchev–Trinajstić information content (AvgIpc) is 2.66. The van der Waals surface area contributed by atoms with Crippen LogP contribution in [0.25, 0.3) is 0 Å². The third-order valence-electron chi connectivity index (χ3n) is 5.17. The fraction of sp³-hybridized carbons (Fsp3) is 0.435. The molecule has 32 heavy (non-hydrogen) atoms. The van der Waals surface area contributed by atoms with Crippen molar-refractivity contribution < 1.29 is 49.6 Å². The molecular formula is C23H36O8Zr. The van der Waals surface area contributed by atoms with Crippen molar-refractivity contribution in [2.45, 2.75) is 45.7 Å². The molecule has 0 heterocycles. The van der Waals surface area contributed by atoms with Gasteiger partial charge in [-0.1, -0.05) is 0 Å². The Bertz CT molecular complexity index is 931. The SMILES string of the molecule is C=CCO[O][Zr](=[O])([CH2]C(C)(C)C)([O]OCC=C)([C](=O)C(=C)C)([C](=O)C(=C)C)[C](=O)C(=C)C. The summed E-state index contributed by atoms with van der Waals surface area (Å²) in [5.74, 6) is 0. The molecule has 180 valence electrons. The Morgan fingerprint density at radius 3 is 1.22 bits per heavy atom. The Morgan fingerprint density at radius 1 is 0.750 bits per heavy atom. The second-order valence-corrected chi connectivity index (χ2v) is 27.2. The van der Waals surface area contributed by atoms with Gasteiger partial charge in [0.15, 0.2) is 0 Å². The van der Waals surface area contributed by atoms with Crippen LogP contribution in [0.2, 0.25) is 4.13 Å². The number of hydrogen-bond acceptors (Lipinski definition) is 8. The van der Waals surface area contributed by atoms with Crippen LogP contribution in [-0.4, -0.2) is 23.7 Å². The second kappa shape index (κ2) is 8.54. The van der Waals surface area contributed by atoms with Gasteiger partial charge in [-0.3, -0.25) is 0 Å². The quantitative estimate of drug-likeness (QED) is 0.0959. The molecule has 0 aromatic rings. The van der Waals surface area contributed by atoms with E-state index in [-0.39, 0.29) is 0 Å². The van der Waals surface area contributed by atoms with Crippen LogP contribution in [0.4, 0.5) is 0 Å². The molecule has 0 atom stereocenters. The van der Waals surface area contributed by atoms with E-state index in [0.717, 1.165) is 0 Å². The molecule has 0 aromatic heterocycles. The molecule has 9 heteroatoms. The zero-order valence-electron chi connectivity index (χ0n) is 20.1. The summed E-state index contributed by atoms with van der Waals surface area (Å²) in [6.07, 6.45) is 2.39. The summed E-state index contributed by atoms with van der Waals surface area (Å²) in [7, 11) is 0. The normalized spacial score (nSPS) is 15.2. The first-order valence-corrected chi connectivity index (χ1v) is 18.5. The van der Waals surface area contributed by atoms with E-state index < -0.39 is 66.6 Å². The van der Waals surface area contributed by atoms with Crippen molar-refractivity contribution in [1.82, 2.24) is 0 Å². The van der Waals surface area contributed by atoms with Crippen molar-refractivity contribution in [3.8, 4) is 0 Å². The molecule has 0 aromatic carbocycles. The predicted octanol–water partition coefficient (Wildman–Crippen LogP) is 4.96. The van der Waals surface area contributed by atoms with E-state index in [1.54, 1.807) is 0 Å². The predicted molar refractivity (Wildman–Crippen MR) is 119 cm³/mol. The second-order valence-electron chi connectivity index (χ2n) is 9.89. The van der Waals surface area contributed by atoms with Crippen LogP contribution in [0.15, 0.2) is 61.8 Å². The van der Waals surface area contributed by atoms with E-state index in [2.05, 4.69) is 32.9 Å². The Morgan fingerprint density at radius 2 is 1.03 bits per heavy atom. The Kier molecular flexibility index (Phi) is 8.07. The molecule has 0 spiro atoms. The molecule has 0 aliphatic carbocycles. The molecule has 0 aliphatic rings. The van der Waals surface area contributed by atoms with Gasteiger partial charge in [-0.05, 0) is 0 Å². The fourth-order valence-corrected chi connectivity index (χ4v) is 27.3. The van der Waals surface area contributed by atoms with Crippen molar-refractivity contribution in [2.24, 2.45) is 5.41 Å². The monoisotopic (exact) mass is 530 g/mol. The Balaban J connectivity index is 8.71. The molecule has 0 saturated heterocycles. The van der Waals surface area contributed by atoms with Crippen molar-refractivity contribution in [3.63, 3.8) is 0 Å². The number of allylic oxidation sites excluding steroid dienone is 3. The molecule has 8 nitrogen and oxygen atoms in total. The molecule has 0 N–H and O–H groups in total. The van der Waals surface area contributed by atoms with E-state index in [1.807, 2.05) is 0 Å². The van der Waals surface area contributed by atoms with Gasteiger partial charge < -0.3 is 0 Å². The van der Waals surface area contributed by atoms with Crippen LogP contribution in [-0.2, 0) is 49.6 Å². The number of carbonyl (C=O) groups is 3. The average molecular weight is 532 g/mol. The third kappa shape index (κ3) is 3.90. The maximum atomic E-state index is 16.2. The Hall–Kier alpha value is -1.77. The molecule has 0 bridgehead atoms. The van der Waals surface area contributed by atoms with E-state index >= 15 is 2.81 Å². The summed E-state index contributed by atoms with van der Waals surface area (Å²) in [5, 5.41) is 0. The summed E-state index contributed by atoms with van der Waals surface area (Å²) >= 11 is -9.69. The van der Waals surface area contributed by atoms with Crippen molar-refractivity contribution in [2.75, 3.05) is 13.2 Å². The van der Waals surface area contributed by atoms with Crippen LogP contribution >= 0.6 is 0 Å². The topological polar surface area (TPSA) is 105 Å². The minimum absolute atomic E-state index is 0.455. The first-order chi connectivity index (χ1) is 14.3. The van der Waals surface area contributed by atoms with E-state index in [0.29, 0.717) is 0 Å². The van der Waals surface area contributed by atoms with Crippen molar-refractivity contribution in [1.29, 1.82) is 0 Å². The van der Waals surface area contributed by atoms with Gasteiger partial charge in [-0.15, -0.1) is 0 Å². The standard InChI is InChI=1S/C5H11.3C4H5O.2C3H6O2.O.Zr/c1-5(2,3)4;3*1-4(2)3-5;2*1-2-3-5-4;;/h1H2,2-4H3;3*1H2,2H3;2*2,4H,1,3H2;;/q;;;;;;;+2/p-2. The molecule has 0 unspecified atom stereocenters. The van der Waals surface area contributed by atoms with E-state index in [4.69, 9.17) is 15.7 Å². The number of carbonyl (C=O) groups excluding carboxylic acids is 3. The molecule has 0 radical (unpaired) electrons. The van der Waals surface area contributed by atoms with Gasteiger partial charge in [0.1, 0.15) is 0 Å². The van der Waals surface area contributed by atoms with Gasteiger partial charge in [0.25, 0.3) is 0 Å².